The molecule has 1 saturated heterocycles. The fourth-order valence-corrected chi connectivity index (χ4v) is 3.50. The molecule has 114 valence electrons. The fourth-order valence-electron chi connectivity index (χ4n) is 3.50. The minimum absolute atomic E-state index is 0.117. The molecule has 2 fully saturated rings. The molecular formula is C17H24N2O2. The van der Waals surface area contributed by atoms with Crippen LogP contribution in [0.4, 0.5) is 4.79 Å². The Kier molecular flexibility index (Phi) is 4.32. The molecule has 1 heterocycles. The van der Waals surface area contributed by atoms with E-state index in [0.29, 0.717) is 17.7 Å². The summed E-state index contributed by atoms with van der Waals surface area (Å²) in [4.78, 5) is 14.2. The number of benzene rings is 1. The van der Waals surface area contributed by atoms with E-state index in [1.807, 2.05) is 17.0 Å². The Hall–Kier alpha value is -1.71. The highest BCUT2D eigenvalue weighted by molar-refractivity contribution is 5.74. The lowest BCUT2D eigenvalue weighted by atomic mass is 9.89. The van der Waals surface area contributed by atoms with Crippen LogP contribution in [0.1, 0.15) is 50.0 Å². The summed E-state index contributed by atoms with van der Waals surface area (Å²) in [5.41, 5.74) is 1.27. The van der Waals surface area contributed by atoms with Crippen molar-refractivity contribution in [3.63, 3.8) is 0 Å². The first-order chi connectivity index (χ1) is 10.2. The molecule has 3 rings (SSSR count). The van der Waals surface area contributed by atoms with Gasteiger partial charge in [-0.05, 0) is 49.3 Å². The van der Waals surface area contributed by atoms with Gasteiger partial charge in [-0.25, -0.2) is 4.79 Å². The van der Waals surface area contributed by atoms with Crippen molar-refractivity contribution in [2.24, 2.45) is 0 Å². The number of hydrogen-bond acceptors (Lipinski definition) is 2. The summed E-state index contributed by atoms with van der Waals surface area (Å²) < 4.78 is 0. The van der Waals surface area contributed by atoms with Crippen LogP contribution in [0.25, 0.3) is 0 Å². The summed E-state index contributed by atoms with van der Waals surface area (Å²) in [5, 5.41) is 12.5. The van der Waals surface area contributed by atoms with Gasteiger partial charge in [0, 0.05) is 19.1 Å². The largest absolute Gasteiger partial charge is 0.508 e. The van der Waals surface area contributed by atoms with Crippen LogP contribution in [0.3, 0.4) is 0 Å². The summed E-state index contributed by atoms with van der Waals surface area (Å²) in [6.07, 6.45) is 6.76. The first-order valence-electron chi connectivity index (χ1n) is 8.07. The van der Waals surface area contributed by atoms with Gasteiger partial charge < -0.3 is 15.3 Å². The molecule has 4 heteroatoms. The zero-order valence-corrected chi connectivity index (χ0v) is 12.4. The van der Waals surface area contributed by atoms with Gasteiger partial charge in [0.15, 0.2) is 0 Å². The molecule has 1 aliphatic carbocycles. The maximum Gasteiger partial charge on any atom is 0.317 e. The Labute approximate surface area is 126 Å². The second kappa shape index (κ2) is 6.37. The van der Waals surface area contributed by atoms with E-state index in [9.17, 15) is 9.90 Å². The lowest BCUT2D eigenvalue weighted by Crippen LogP contribution is -2.47. The predicted molar refractivity (Wildman–Crippen MR) is 82.4 cm³/mol. The topological polar surface area (TPSA) is 52.6 Å². The van der Waals surface area contributed by atoms with Crippen LogP contribution in [0, 0.1) is 0 Å². The number of aromatic hydroxyl groups is 1. The maximum atomic E-state index is 12.2. The molecule has 0 unspecified atom stereocenters. The van der Waals surface area contributed by atoms with Gasteiger partial charge in [-0.2, -0.15) is 0 Å². The molecule has 4 nitrogen and oxygen atoms in total. The average Bonchev–Trinajstić information content (AvgIpc) is 3.01. The molecule has 0 radical (unpaired) electrons. The normalized spacial score (nSPS) is 20.7. The number of amides is 2. The maximum absolute atomic E-state index is 12.2. The predicted octanol–water partition coefficient (Wildman–Crippen LogP) is 3.22. The van der Waals surface area contributed by atoms with Crippen LogP contribution < -0.4 is 5.32 Å². The summed E-state index contributed by atoms with van der Waals surface area (Å²) in [6, 6.07) is 7.99. The first-order valence-corrected chi connectivity index (χ1v) is 8.07. The van der Waals surface area contributed by atoms with Crippen LogP contribution in [-0.4, -0.2) is 35.2 Å². The standard InChI is InChI=1S/C17H24N2O2/c20-16-7-5-13(6-8-16)14-9-11-19(12-10-14)17(21)18-15-3-1-2-4-15/h5-8,14-15,20H,1-4,9-12H2,(H,18,21). The number of carbonyl (C=O) groups is 1. The number of carbonyl (C=O) groups excluding carboxylic acids is 1. The Morgan fingerprint density at radius 1 is 1.05 bits per heavy atom. The van der Waals surface area contributed by atoms with Crippen molar-refractivity contribution >= 4 is 6.03 Å². The van der Waals surface area contributed by atoms with Crippen molar-refractivity contribution in [3.8, 4) is 5.75 Å². The van der Waals surface area contributed by atoms with Gasteiger partial charge in [-0.15, -0.1) is 0 Å². The molecule has 2 aliphatic rings. The number of likely N-dealkylation sites (tertiary alicyclic amines) is 1. The van der Waals surface area contributed by atoms with Gasteiger partial charge in [0.2, 0.25) is 0 Å². The molecule has 1 aliphatic heterocycles. The lowest BCUT2D eigenvalue weighted by molar-refractivity contribution is 0.177. The van der Waals surface area contributed by atoms with E-state index in [-0.39, 0.29) is 6.03 Å². The molecule has 2 N–H and O–H groups in total. The highest BCUT2D eigenvalue weighted by Gasteiger charge is 2.26. The second-order valence-electron chi connectivity index (χ2n) is 6.28. The Balaban J connectivity index is 1.50. The summed E-state index contributed by atoms with van der Waals surface area (Å²) in [5.74, 6) is 0.813. The molecule has 1 aromatic rings. The van der Waals surface area contributed by atoms with E-state index in [1.54, 1.807) is 12.1 Å². The second-order valence-corrected chi connectivity index (χ2v) is 6.28. The fraction of sp³-hybridized carbons (Fsp3) is 0.588. The van der Waals surface area contributed by atoms with Crippen molar-refractivity contribution in [3.05, 3.63) is 29.8 Å². The van der Waals surface area contributed by atoms with Crippen LogP contribution in [0.15, 0.2) is 24.3 Å². The Morgan fingerprint density at radius 2 is 1.67 bits per heavy atom. The number of rotatable bonds is 2. The third-order valence-electron chi connectivity index (χ3n) is 4.83. The van der Waals surface area contributed by atoms with Gasteiger partial charge in [0.05, 0.1) is 0 Å². The van der Waals surface area contributed by atoms with Crippen molar-refractivity contribution in [2.75, 3.05) is 13.1 Å². The quantitative estimate of drug-likeness (QED) is 0.878. The molecule has 1 saturated carbocycles. The zero-order chi connectivity index (χ0) is 14.7. The molecule has 21 heavy (non-hydrogen) atoms. The van der Waals surface area contributed by atoms with Gasteiger partial charge in [-0.3, -0.25) is 0 Å². The smallest absolute Gasteiger partial charge is 0.317 e. The summed E-state index contributed by atoms with van der Waals surface area (Å²) >= 11 is 0. The van der Waals surface area contributed by atoms with Crippen LogP contribution >= 0.6 is 0 Å². The van der Waals surface area contributed by atoms with Crippen LogP contribution in [-0.2, 0) is 0 Å². The van der Waals surface area contributed by atoms with Crippen molar-refractivity contribution in [1.29, 1.82) is 0 Å². The first kappa shape index (κ1) is 14.2. The van der Waals surface area contributed by atoms with Crippen molar-refractivity contribution in [1.82, 2.24) is 10.2 Å². The minimum atomic E-state index is 0.117. The monoisotopic (exact) mass is 288 g/mol. The van der Waals surface area contributed by atoms with Crippen LogP contribution in [0.5, 0.6) is 5.75 Å². The summed E-state index contributed by atoms with van der Waals surface area (Å²) in [6.45, 7) is 1.65. The number of hydrogen-bond donors (Lipinski definition) is 2. The molecule has 0 aromatic heterocycles. The number of nitrogens with zero attached hydrogens (tertiary/aromatic N) is 1. The number of piperidine rings is 1. The van der Waals surface area contributed by atoms with Gasteiger partial charge in [-0.1, -0.05) is 25.0 Å². The van der Waals surface area contributed by atoms with E-state index < -0.39 is 0 Å². The zero-order valence-electron chi connectivity index (χ0n) is 12.4. The van der Waals surface area contributed by atoms with E-state index in [2.05, 4.69) is 5.32 Å². The van der Waals surface area contributed by atoms with E-state index in [0.717, 1.165) is 38.8 Å². The third-order valence-corrected chi connectivity index (χ3v) is 4.83. The molecule has 2 amide bonds. The van der Waals surface area contributed by atoms with Gasteiger partial charge in [0.25, 0.3) is 0 Å². The Bertz CT molecular complexity index is 472. The number of phenolic OH excluding ortho intramolecular Hbond substituents is 1. The Morgan fingerprint density at radius 3 is 2.29 bits per heavy atom. The van der Waals surface area contributed by atoms with Crippen molar-refractivity contribution < 1.29 is 9.90 Å². The van der Waals surface area contributed by atoms with Crippen molar-refractivity contribution in [2.45, 2.75) is 50.5 Å². The molecule has 1 aromatic carbocycles. The van der Waals surface area contributed by atoms with Gasteiger partial charge >= 0.3 is 6.03 Å². The molecule has 0 spiro atoms. The van der Waals surface area contributed by atoms with E-state index in [1.165, 1.54) is 18.4 Å². The minimum Gasteiger partial charge on any atom is -0.508 e. The van der Waals surface area contributed by atoms with E-state index in [4.69, 9.17) is 0 Å². The SMILES string of the molecule is O=C(NC1CCCC1)N1CCC(c2ccc(O)cc2)CC1. The number of phenols is 1. The third kappa shape index (κ3) is 3.49. The number of nitrogens with one attached hydrogen (secondary N) is 1. The molecule has 0 bridgehead atoms. The molecule has 0 atom stereocenters. The number of urea groups is 1. The van der Waals surface area contributed by atoms with Crippen LogP contribution in [0.2, 0.25) is 0 Å². The summed E-state index contributed by atoms with van der Waals surface area (Å²) in [7, 11) is 0. The lowest BCUT2D eigenvalue weighted by Gasteiger charge is -2.33. The highest BCUT2D eigenvalue weighted by Crippen LogP contribution is 2.29. The highest BCUT2D eigenvalue weighted by atomic mass is 16.3. The van der Waals surface area contributed by atoms with Gasteiger partial charge in [0.1, 0.15) is 5.75 Å². The average molecular weight is 288 g/mol. The van der Waals surface area contributed by atoms with E-state index >= 15 is 0 Å². The molecular weight excluding hydrogens is 264 g/mol.